The molecule has 8 heteroatoms. The number of methoxy groups -OCH3 is 1. The molecule has 0 aliphatic rings. The highest BCUT2D eigenvalue weighted by molar-refractivity contribution is 6.32. The summed E-state index contributed by atoms with van der Waals surface area (Å²) < 4.78 is 5.16. The molecule has 166 valence electrons. The fraction of sp³-hybridized carbons (Fsp3) is 0.208. The normalized spacial score (nSPS) is 11.7. The van der Waals surface area contributed by atoms with Gasteiger partial charge in [0.15, 0.2) is 0 Å². The van der Waals surface area contributed by atoms with Gasteiger partial charge in [0.05, 0.1) is 18.7 Å². The fourth-order valence-electron chi connectivity index (χ4n) is 3.31. The maximum Gasteiger partial charge on any atom is 0.246 e. The molecule has 3 aromatic rings. The Kier molecular flexibility index (Phi) is 7.81. The summed E-state index contributed by atoms with van der Waals surface area (Å²) in [7, 11) is 3.25. The van der Waals surface area contributed by atoms with E-state index in [0.29, 0.717) is 22.3 Å². The largest absolute Gasteiger partial charge is 0.495 e. The first-order valence-electron chi connectivity index (χ1n) is 10.0. The zero-order valence-electron chi connectivity index (χ0n) is 18.1. The number of nitrogens with one attached hydrogen (secondary N) is 2. The number of pyridine rings is 1. The van der Waals surface area contributed by atoms with E-state index >= 15 is 0 Å². The molecule has 2 amide bonds. The summed E-state index contributed by atoms with van der Waals surface area (Å²) in [4.78, 5) is 31.8. The van der Waals surface area contributed by atoms with Gasteiger partial charge in [-0.15, -0.1) is 0 Å². The topological polar surface area (TPSA) is 83.6 Å². The van der Waals surface area contributed by atoms with Crippen LogP contribution in [0, 0.1) is 6.92 Å². The highest BCUT2D eigenvalue weighted by Gasteiger charge is 2.27. The molecule has 0 radical (unpaired) electrons. The summed E-state index contributed by atoms with van der Waals surface area (Å²) in [6, 6.07) is 19.0. The molecule has 0 bridgehead atoms. The number of rotatable bonds is 8. The Bertz CT molecular complexity index is 1090. The number of aryl methyl sites for hydroxylation is 1. The number of carbonyl (C=O) groups is 2. The van der Waals surface area contributed by atoms with Crippen molar-refractivity contribution in [2.45, 2.75) is 13.0 Å². The molecule has 1 heterocycles. The minimum atomic E-state index is -0.701. The molecule has 2 N–H and O–H groups in total. The highest BCUT2D eigenvalue weighted by Crippen LogP contribution is 2.28. The van der Waals surface area contributed by atoms with Crippen molar-refractivity contribution in [2.75, 3.05) is 31.3 Å². The second-order valence-electron chi connectivity index (χ2n) is 7.28. The van der Waals surface area contributed by atoms with Gasteiger partial charge in [0.2, 0.25) is 11.8 Å². The molecule has 2 aromatic carbocycles. The van der Waals surface area contributed by atoms with Gasteiger partial charge in [-0.2, -0.15) is 0 Å². The maximum absolute atomic E-state index is 13.2. The van der Waals surface area contributed by atoms with Crippen molar-refractivity contribution < 1.29 is 14.3 Å². The lowest BCUT2D eigenvalue weighted by Gasteiger charge is -2.27. The van der Waals surface area contributed by atoms with Crippen molar-refractivity contribution in [3.05, 3.63) is 83.0 Å². The summed E-state index contributed by atoms with van der Waals surface area (Å²) >= 11 is 6.18. The summed E-state index contributed by atoms with van der Waals surface area (Å²) in [6.07, 6.45) is 0. The lowest BCUT2D eigenvalue weighted by atomic mass is 10.0. The van der Waals surface area contributed by atoms with E-state index in [1.165, 1.54) is 7.11 Å². The van der Waals surface area contributed by atoms with Gasteiger partial charge in [-0.25, -0.2) is 4.98 Å². The van der Waals surface area contributed by atoms with Crippen LogP contribution in [0.1, 0.15) is 17.3 Å². The number of hydrogen-bond acceptors (Lipinski definition) is 5. The van der Waals surface area contributed by atoms with Crippen molar-refractivity contribution in [1.29, 1.82) is 0 Å². The van der Waals surface area contributed by atoms with Crippen LogP contribution in [-0.2, 0) is 9.59 Å². The van der Waals surface area contributed by atoms with Crippen LogP contribution in [0.5, 0.6) is 5.75 Å². The lowest BCUT2D eigenvalue weighted by molar-refractivity contribution is -0.123. The standard InChI is InChI=1S/C24H25ClN4O3/c1-16-8-7-11-21(26-16)28-22(30)15-29(2)23(17-9-5-4-6-10-17)24(31)27-18-12-13-20(32-3)19(25)14-18/h4-14,23H,15H2,1-3H3,(H,27,31)(H,26,28,30). The van der Waals surface area contributed by atoms with Crippen LogP contribution in [0.15, 0.2) is 66.7 Å². The van der Waals surface area contributed by atoms with E-state index in [9.17, 15) is 9.59 Å². The number of likely N-dealkylation sites (N-methyl/N-ethyl adjacent to an activating group) is 1. The van der Waals surface area contributed by atoms with Gasteiger partial charge in [0.1, 0.15) is 17.6 Å². The summed E-state index contributed by atoms with van der Waals surface area (Å²) in [6.45, 7) is 1.84. The quantitative estimate of drug-likeness (QED) is 0.532. The van der Waals surface area contributed by atoms with Gasteiger partial charge in [-0.3, -0.25) is 14.5 Å². The van der Waals surface area contributed by atoms with Crippen LogP contribution in [0.4, 0.5) is 11.5 Å². The van der Waals surface area contributed by atoms with E-state index in [2.05, 4.69) is 15.6 Å². The average molecular weight is 453 g/mol. The number of ether oxygens (including phenoxy) is 1. The van der Waals surface area contributed by atoms with Crippen LogP contribution in [0.3, 0.4) is 0 Å². The molecule has 7 nitrogen and oxygen atoms in total. The molecular formula is C24H25ClN4O3. The zero-order valence-corrected chi connectivity index (χ0v) is 18.9. The maximum atomic E-state index is 13.2. The number of nitrogens with zero attached hydrogens (tertiary/aromatic N) is 2. The van der Waals surface area contributed by atoms with Crippen LogP contribution >= 0.6 is 11.6 Å². The molecule has 0 spiro atoms. The number of halogens is 1. The average Bonchev–Trinajstić information content (AvgIpc) is 2.74. The SMILES string of the molecule is COc1ccc(NC(=O)C(c2ccccc2)N(C)CC(=O)Nc2cccc(C)n2)cc1Cl. The molecule has 0 saturated heterocycles. The third-order valence-corrected chi connectivity index (χ3v) is 5.07. The zero-order chi connectivity index (χ0) is 23.1. The Labute approximate surface area is 192 Å². The Morgan fingerprint density at radius 1 is 1.06 bits per heavy atom. The van der Waals surface area contributed by atoms with E-state index in [1.807, 2.05) is 49.4 Å². The van der Waals surface area contributed by atoms with Crippen LogP contribution < -0.4 is 15.4 Å². The van der Waals surface area contributed by atoms with Crippen molar-refractivity contribution in [1.82, 2.24) is 9.88 Å². The summed E-state index contributed by atoms with van der Waals surface area (Å²) in [5.41, 5.74) is 2.09. The van der Waals surface area contributed by atoms with E-state index < -0.39 is 6.04 Å². The fourth-order valence-corrected chi connectivity index (χ4v) is 3.57. The second kappa shape index (κ2) is 10.7. The molecule has 3 rings (SSSR count). The van der Waals surface area contributed by atoms with Gasteiger partial charge < -0.3 is 15.4 Å². The Morgan fingerprint density at radius 3 is 2.47 bits per heavy atom. The second-order valence-corrected chi connectivity index (χ2v) is 7.69. The van der Waals surface area contributed by atoms with Gasteiger partial charge in [-0.1, -0.05) is 48.0 Å². The van der Waals surface area contributed by atoms with Crippen LogP contribution in [-0.4, -0.2) is 42.4 Å². The third-order valence-electron chi connectivity index (χ3n) is 4.77. The minimum absolute atomic E-state index is 0.00796. The number of anilines is 2. The van der Waals surface area contributed by atoms with E-state index in [4.69, 9.17) is 16.3 Å². The summed E-state index contributed by atoms with van der Waals surface area (Å²) in [5.74, 6) is 0.424. The molecule has 0 aliphatic heterocycles. The minimum Gasteiger partial charge on any atom is -0.495 e. The predicted octanol–water partition coefficient (Wildman–Crippen LogP) is 4.30. The number of aromatic nitrogens is 1. The molecule has 1 atom stereocenters. The Morgan fingerprint density at radius 2 is 1.81 bits per heavy atom. The number of amides is 2. The Hall–Kier alpha value is -3.42. The van der Waals surface area contributed by atoms with Crippen molar-refractivity contribution in [2.24, 2.45) is 0 Å². The van der Waals surface area contributed by atoms with Gasteiger partial charge in [-0.05, 0) is 49.9 Å². The lowest BCUT2D eigenvalue weighted by Crippen LogP contribution is -2.39. The predicted molar refractivity (Wildman–Crippen MR) is 126 cm³/mol. The first-order chi connectivity index (χ1) is 15.4. The molecule has 32 heavy (non-hydrogen) atoms. The highest BCUT2D eigenvalue weighted by atomic mass is 35.5. The summed E-state index contributed by atoms with van der Waals surface area (Å²) in [5, 5.41) is 6.04. The molecule has 0 aliphatic carbocycles. The molecule has 1 aromatic heterocycles. The van der Waals surface area contributed by atoms with E-state index in [-0.39, 0.29) is 18.4 Å². The number of hydrogen-bond donors (Lipinski definition) is 2. The van der Waals surface area contributed by atoms with Crippen molar-refractivity contribution in [3.63, 3.8) is 0 Å². The number of carbonyl (C=O) groups excluding carboxylic acids is 2. The third kappa shape index (κ3) is 6.06. The number of benzene rings is 2. The van der Waals surface area contributed by atoms with E-state index in [0.717, 1.165) is 11.3 Å². The molecule has 0 saturated carbocycles. The first kappa shape index (κ1) is 23.2. The van der Waals surface area contributed by atoms with Crippen LogP contribution in [0.2, 0.25) is 5.02 Å². The van der Waals surface area contributed by atoms with E-state index in [1.54, 1.807) is 36.2 Å². The van der Waals surface area contributed by atoms with Crippen molar-refractivity contribution in [3.8, 4) is 5.75 Å². The molecule has 0 fully saturated rings. The van der Waals surface area contributed by atoms with Gasteiger partial charge >= 0.3 is 0 Å². The first-order valence-corrected chi connectivity index (χ1v) is 10.4. The van der Waals surface area contributed by atoms with Gasteiger partial charge in [0.25, 0.3) is 0 Å². The Balaban J connectivity index is 1.77. The molecule has 1 unspecified atom stereocenters. The van der Waals surface area contributed by atoms with Crippen LogP contribution in [0.25, 0.3) is 0 Å². The molecular weight excluding hydrogens is 428 g/mol. The smallest absolute Gasteiger partial charge is 0.246 e. The van der Waals surface area contributed by atoms with Gasteiger partial charge in [0, 0.05) is 11.4 Å². The monoisotopic (exact) mass is 452 g/mol. The van der Waals surface area contributed by atoms with Crippen molar-refractivity contribution >= 4 is 34.9 Å².